The number of rotatable bonds is 5. The molecule has 116 valence electrons. The van der Waals surface area contributed by atoms with Crippen molar-refractivity contribution in [1.29, 1.82) is 0 Å². The first-order valence-electron chi connectivity index (χ1n) is 8.79. The highest BCUT2D eigenvalue weighted by atomic mass is 15.2. The predicted octanol–water partition coefficient (Wildman–Crippen LogP) is 3.47. The third kappa shape index (κ3) is 3.87. The Bertz CT molecular complexity index is 419. The van der Waals surface area contributed by atoms with Gasteiger partial charge in [-0.1, -0.05) is 43.7 Å². The molecule has 0 radical (unpaired) electrons. The lowest BCUT2D eigenvalue weighted by Gasteiger charge is -2.45. The Morgan fingerprint density at radius 2 is 2.00 bits per heavy atom. The van der Waals surface area contributed by atoms with Gasteiger partial charge in [0.15, 0.2) is 0 Å². The zero-order chi connectivity index (χ0) is 14.5. The number of hydrogen-bond acceptors (Lipinski definition) is 2. The molecule has 1 saturated carbocycles. The van der Waals surface area contributed by atoms with Crippen LogP contribution in [0, 0.1) is 5.41 Å². The van der Waals surface area contributed by atoms with Gasteiger partial charge in [0, 0.05) is 19.1 Å². The van der Waals surface area contributed by atoms with Crippen LogP contribution in [0.1, 0.15) is 44.6 Å². The van der Waals surface area contributed by atoms with Gasteiger partial charge in [-0.2, -0.15) is 0 Å². The third-order valence-electron chi connectivity index (χ3n) is 5.61. The zero-order valence-corrected chi connectivity index (χ0v) is 13.5. The van der Waals surface area contributed by atoms with Gasteiger partial charge in [-0.05, 0) is 56.2 Å². The smallest absolute Gasteiger partial charge is 0.0235 e. The maximum Gasteiger partial charge on any atom is 0.0235 e. The van der Waals surface area contributed by atoms with Crippen LogP contribution in [0.4, 0.5) is 0 Å². The molecule has 2 fully saturated rings. The Hall–Kier alpha value is -0.860. The van der Waals surface area contributed by atoms with E-state index in [0.29, 0.717) is 11.5 Å². The first kappa shape index (κ1) is 15.1. The standard InChI is InChI=1S/C19H30N2/c1-2-19(10-6-11-19)16-21-13-7-12-20-18(15-21)14-17-8-4-3-5-9-17/h3-5,8-9,18,20H,2,6-7,10-16H2,1H3. The van der Waals surface area contributed by atoms with E-state index in [1.165, 1.54) is 63.8 Å². The molecule has 1 unspecified atom stereocenters. The van der Waals surface area contributed by atoms with E-state index in [9.17, 15) is 0 Å². The zero-order valence-electron chi connectivity index (χ0n) is 13.5. The van der Waals surface area contributed by atoms with Crippen molar-refractivity contribution in [3.63, 3.8) is 0 Å². The van der Waals surface area contributed by atoms with Crippen LogP contribution in [0.2, 0.25) is 0 Å². The van der Waals surface area contributed by atoms with E-state index < -0.39 is 0 Å². The molecule has 0 aromatic heterocycles. The quantitative estimate of drug-likeness (QED) is 0.891. The first-order valence-corrected chi connectivity index (χ1v) is 8.79. The summed E-state index contributed by atoms with van der Waals surface area (Å²) in [6.45, 7) is 7.39. The molecular formula is C19H30N2. The molecule has 2 heteroatoms. The Balaban J connectivity index is 1.58. The van der Waals surface area contributed by atoms with Crippen LogP contribution in [0.5, 0.6) is 0 Å². The van der Waals surface area contributed by atoms with Crippen molar-refractivity contribution in [2.45, 2.75) is 51.5 Å². The van der Waals surface area contributed by atoms with Crippen molar-refractivity contribution in [3.05, 3.63) is 35.9 Å². The Kier molecular flexibility index (Phi) is 4.97. The van der Waals surface area contributed by atoms with Crippen molar-refractivity contribution in [1.82, 2.24) is 10.2 Å². The van der Waals surface area contributed by atoms with Gasteiger partial charge < -0.3 is 10.2 Å². The number of nitrogens with zero attached hydrogens (tertiary/aromatic N) is 1. The fourth-order valence-electron chi connectivity index (χ4n) is 4.03. The molecule has 1 aliphatic heterocycles. The molecule has 1 N–H and O–H groups in total. The molecule has 1 aromatic rings. The second-order valence-electron chi connectivity index (χ2n) is 7.14. The van der Waals surface area contributed by atoms with Crippen molar-refractivity contribution in [2.24, 2.45) is 5.41 Å². The summed E-state index contributed by atoms with van der Waals surface area (Å²) < 4.78 is 0. The maximum atomic E-state index is 3.76. The van der Waals surface area contributed by atoms with Gasteiger partial charge in [-0.15, -0.1) is 0 Å². The summed E-state index contributed by atoms with van der Waals surface area (Å²) >= 11 is 0. The van der Waals surface area contributed by atoms with Gasteiger partial charge in [0.2, 0.25) is 0 Å². The van der Waals surface area contributed by atoms with E-state index in [1.807, 2.05) is 0 Å². The summed E-state index contributed by atoms with van der Waals surface area (Å²) in [7, 11) is 0. The number of hydrogen-bond donors (Lipinski definition) is 1. The van der Waals surface area contributed by atoms with Gasteiger partial charge in [0.05, 0.1) is 0 Å². The topological polar surface area (TPSA) is 15.3 Å². The molecule has 2 aliphatic rings. The van der Waals surface area contributed by atoms with Gasteiger partial charge in [0.1, 0.15) is 0 Å². The average molecular weight is 286 g/mol. The lowest BCUT2D eigenvalue weighted by molar-refractivity contribution is 0.0614. The maximum absolute atomic E-state index is 3.76. The summed E-state index contributed by atoms with van der Waals surface area (Å²) in [5.41, 5.74) is 2.12. The van der Waals surface area contributed by atoms with E-state index in [-0.39, 0.29) is 0 Å². The highest BCUT2D eigenvalue weighted by Gasteiger charge is 2.37. The summed E-state index contributed by atoms with van der Waals surface area (Å²) in [5.74, 6) is 0. The van der Waals surface area contributed by atoms with Gasteiger partial charge in [-0.3, -0.25) is 0 Å². The van der Waals surface area contributed by atoms with E-state index in [0.717, 1.165) is 6.42 Å². The van der Waals surface area contributed by atoms with Crippen LogP contribution in [0.3, 0.4) is 0 Å². The van der Waals surface area contributed by atoms with Crippen LogP contribution in [-0.2, 0) is 6.42 Å². The van der Waals surface area contributed by atoms with Crippen LogP contribution in [0.15, 0.2) is 30.3 Å². The molecule has 2 nitrogen and oxygen atoms in total. The SMILES string of the molecule is CCC1(CN2CCCNC(Cc3ccccc3)C2)CCC1. The lowest BCUT2D eigenvalue weighted by Crippen LogP contribution is -2.46. The summed E-state index contributed by atoms with van der Waals surface area (Å²) in [6, 6.07) is 11.6. The molecule has 0 bridgehead atoms. The lowest BCUT2D eigenvalue weighted by atomic mass is 9.66. The van der Waals surface area contributed by atoms with Gasteiger partial charge >= 0.3 is 0 Å². The Morgan fingerprint density at radius 1 is 1.19 bits per heavy atom. The van der Waals surface area contributed by atoms with Crippen molar-refractivity contribution < 1.29 is 0 Å². The molecular weight excluding hydrogens is 256 g/mol. The molecule has 0 spiro atoms. The second kappa shape index (κ2) is 6.93. The Labute approximate surface area is 129 Å². The highest BCUT2D eigenvalue weighted by Crippen LogP contribution is 2.44. The second-order valence-corrected chi connectivity index (χ2v) is 7.14. The monoisotopic (exact) mass is 286 g/mol. The van der Waals surface area contributed by atoms with Crippen molar-refractivity contribution in [3.8, 4) is 0 Å². The fraction of sp³-hybridized carbons (Fsp3) is 0.684. The van der Waals surface area contributed by atoms with Crippen molar-refractivity contribution >= 4 is 0 Å². The molecule has 1 heterocycles. The summed E-state index contributed by atoms with van der Waals surface area (Å²) in [5, 5.41) is 3.76. The fourth-order valence-corrected chi connectivity index (χ4v) is 4.03. The van der Waals surface area contributed by atoms with Gasteiger partial charge in [-0.25, -0.2) is 0 Å². The average Bonchev–Trinajstić information content (AvgIpc) is 2.69. The minimum absolute atomic E-state index is 0.615. The molecule has 1 atom stereocenters. The van der Waals surface area contributed by atoms with Crippen LogP contribution >= 0.6 is 0 Å². The Morgan fingerprint density at radius 3 is 2.67 bits per heavy atom. The minimum atomic E-state index is 0.615. The van der Waals surface area contributed by atoms with E-state index in [1.54, 1.807) is 0 Å². The molecule has 1 aliphatic carbocycles. The molecule has 21 heavy (non-hydrogen) atoms. The van der Waals surface area contributed by atoms with E-state index in [2.05, 4.69) is 47.5 Å². The molecule has 1 aromatic carbocycles. The number of nitrogens with one attached hydrogen (secondary N) is 1. The normalized spacial score (nSPS) is 26.0. The van der Waals surface area contributed by atoms with Crippen LogP contribution < -0.4 is 5.32 Å². The van der Waals surface area contributed by atoms with Crippen LogP contribution in [-0.4, -0.2) is 37.1 Å². The first-order chi connectivity index (χ1) is 10.3. The summed E-state index contributed by atoms with van der Waals surface area (Å²) in [6.07, 6.45) is 8.18. The van der Waals surface area contributed by atoms with Crippen LogP contribution in [0.25, 0.3) is 0 Å². The largest absolute Gasteiger partial charge is 0.312 e. The van der Waals surface area contributed by atoms with E-state index in [4.69, 9.17) is 0 Å². The third-order valence-corrected chi connectivity index (χ3v) is 5.61. The minimum Gasteiger partial charge on any atom is -0.312 e. The van der Waals surface area contributed by atoms with E-state index >= 15 is 0 Å². The number of benzene rings is 1. The molecule has 0 amide bonds. The summed E-state index contributed by atoms with van der Waals surface area (Å²) in [4.78, 5) is 2.75. The molecule has 1 saturated heterocycles. The van der Waals surface area contributed by atoms with Crippen molar-refractivity contribution in [2.75, 3.05) is 26.2 Å². The highest BCUT2D eigenvalue weighted by molar-refractivity contribution is 5.16. The predicted molar refractivity (Wildman–Crippen MR) is 89.6 cm³/mol. The molecule has 3 rings (SSSR count). The van der Waals surface area contributed by atoms with Gasteiger partial charge in [0.25, 0.3) is 0 Å².